The fourth-order valence-electron chi connectivity index (χ4n) is 2.89. The monoisotopic (exact) mass is 282 g/mol. The van der Waals surface area contributed by atoms with Crippen LogP contribution in [0.1, 0.15) is 30.2 Å². The van der Waals surface area contributed by atoms with Crippen LogP contribution >= 0.6 is 0 Å². The summed E-state index contributed by atoms with van der Waals surface area (Å²) in [5.74, 6) is 1.70. The van der Waals surface area contributed by atoms with Gasteiger partial charge in [0.05, 0.1) is 0 Å². The number of rotatable bonds is 3. The first-order valence-electron chi connectivity index (χ1n) is 7.64. The van der Waals surface area contributed by atoms with E-state index in [0.717, 1.165) is 37.4 Å². The summed E-state index contributed by atoms with van der Waals surface area (Å²) < 4.78 is 0. The zero-order chi connectivity index (χ0) is 14.8. The molecule has 0 unspecified atom stereocenters. The standard InChI is InChI=1S/C17H22N4/c1-4-18-17-19-13(3)11-16(20-17)21-9-5-6-14-10-12(2)7-8-15(14)21/h7-8,10-11H,4-6,9H2,1-3H3,(H,18,19,20). The van der Waals surface area contributed by atoms with Crippen molar-refractivity contribution in [2.45, 2.75) is 33.6 Å². The molecule has 110 valence electrons. The Hall–Kier alpha value is -2.10. The Morgan fingerprint density at radius 3 is 2.86 bits per heavy atom. The summed E-state index contributed by atoms with van der Waals surface area (Å²) >= 11 is 0. The summed E-state index contributed by atoms with van der Waals surface area (Å²) in [6.07, 6.45) is 2.31. The third kappa shape index (κ3) is 2.84. The van der Waals surface area contributed by atoms with Crippen LogP contribution in [0.15, 0.2) is 24.3 Å². The number of anilines is 3. The highest BCUT2D eigenvalue weighted by molar-refractivity contribution is 5.66. The molecular weight excluding hydrogens is 260 g/mol. The first-order chi connectivity index (χ1) is 10.2. The van der Waals surface area contributed by atoms with Gasteiger partial charge in [0, 0.05) is 30.5 Å². The van der Waals surface area contributed by atoms with Crippen LogP contribution in [0.5, 0.6) is 0 Å². The van der Waals surface area contributed by atoms with Gasteiger partial charge in [-0.15, -0.1) is 0 Å². The average molecular weight is 282 g/mol. The van der Waals surface area contributed by atoms with Gasteiger partial charge in [0.15, 0.2) is 0 Å². The third-order valence-corrected chi connectivity index (χ3v) is 3.81. The summed E-state index contributed by atoms with van der Waals surface area (Å²) in [6.45, 7) is 8.07. The highest BCUT2D eigenvalue weighted by Gasteiger charge is 2.20. The van der Waals surface area contributed by atoms with Crippen LogP contribution in [0.25, 0.3) is 0 Å². The molecular formula is C17H22N4. The maximum Gasteiger partial charge on any atom is 0.224 e. The molecule has 0 aliphatic carbocycles. The largest absolute Gasteiger partial charge is 0.354 e. The van der Waals surface area contributed by atoms with Crippen molar-refractivity contribution in [1.29, 1.82) is 0 Å². The predicted octanol–water partition coefficient (Wildman–Crippen LogP) is 3.61. The summed E-state index contributed by atoms with van der Waals surface area (Å²) in [4.78, 5) is 11.4. The molecule has 0 fully saturated rings. The van der Waals surface area contributed by atoms with Crippen LogP contribution < -0.4 is 10.2 Å². The van der Waals surface area contributed by atoms with Gasteiger partial charge in [-0.1, -0.05) is 17.7 Å². The van der Waals surface area contributed by atoms with E-state index in [9.17, 15) is 0 Å². The molecule has 1 N–H and O–H groups in total. The van der Waals surface area contributed by atoms with Crippen molar-refractivity contribution >= 4 is 17.5 Å². The number of nitrogens with zero attached hydrogens (tertiary/aromatic N) is 3. The second-order valence-corrected chi connectivity index (χ2v) is 5.61. The van der Waals surface area contributed by atoms with Gasteiger partial charge in [0.25, 0.3) is 0 Å². The molecule has 1 aliphatic rings. The minimum Gasteiger partial charge on any atom is -0.354 e. The quantitative estimate of drug-likeness (QED) is 0.933. The number of benzene rings is 1. The molecule has 0 bridgehead atoms. The van der Waals surface area contributed by atoms with Gasteiger partial charge in [-0.25, -0.2) is 4.98 Å². The molecule has 0 atom stereocenters. The molecule has 2 aromatic rings. The van der Waals surface area contributed by atoms with Crippen molar-refractivity contribution in [2.24, 2.45) is 0 Å². The van der Waals surface area contributed by atoms with Crippen molar-refractivity contribution in [3.8, 4) is 0 Å². The van der Waals surface area contributed by atoms with E-state index in [1.165, 1.54) is 16.8 Å². The maximum atomic E-state index is 4.67. The number of hydrogen-bond donors (Lipinski definition) is 1. The molecule has 0 radical (unpaired) electrons. The van der Waals surface area contributed by atoms with Gasteiger partial charge in [0.1, 0.15) is 5.82 Å². The van der Waals surface area contributed by atoms with Crippen molar-refractivity contribution in [2.75, 3.05) is 23.3 Å². The Labute approximate surface area is 126 Å². The lowest BCUT2D eigenvalue weighted by Gasteiger charge is -2.31. The molecule has 2 heterocycles. The lowest BCUT2D eigenvalue weighted by Crippen LogP contribution is -2.26. The third-order valence-electron chi connectivity index (χ3n) is 3.81. The van der Waals surface area contributed by atoms with Crippen molar-refractivity contribution in [3.05, 3.63) is 41.1 Å². The van der Waals surface area contributed by atoms with E-state index in [0.29, 0.717) is 5.95 Å². The van der Waals surface area contributed by atoms with Gasteiger partial charge in [-0.05, 0) is 45.2 Å². The first-order valence-corrected chi connectivity index (χ1v) is 7.64. The Balaban J connectivity index is 2.02. The lowest BCUT2D eigenvalue weighted by molar-refractivity contribution is 0.757. The fraction of sp³-hybridized carbons (Fsp3) is 0.412. The number of hydrogen-bond acceptors (Lipinski definition) is 4. The molecule has 0 saturated heterocycles. The fourth-order valence-corrected chi connectivity index (χ4v) is 2.89. The molecule has 4 nitrogen and oxygen atoms in total. The van der Waals surface area contributed by atoms with Gasteiger partial charge < -0.3 is 10.2 Å². The van der Waals surface area contributed by atoms with Crippen LogP contribution in [-0.2, 0) is 6.42 Å². The summed E-state index contributed by atoms with van der Waals surface area (Å²) in [7, 11) is 0. The normalized spacial score (nSPS) is 14.0. The topological polar surface area (TPSA) is 41.1 Å². The Morgan fingerprint density at radius 2 is 2.05 bits per heavy atom. The van der Waals surface area contributed by atoms with E-state index >= 15 is 0 Å². The van der Waals surface area contributed by atoms with Crippen molar-refractivity contribution < 1.29 is 0 Å². The minimum atomic E-state index is 0.715. The smallest absolute Gasteiger partial charge is 0.224 e. The summed E-state index contributed by atoms with van der Waals surface area (Å²) in [5.41, 5.74) is 5.02. The van der Waals surface area contributed by atoms with Crippen molar-refractivity contribution in [3.63, 3.8) is 0 Å². The lowest BCUT2D eigenvalue weighted by atomic mass is 9.99. The number of fused-ring (bicyclic) bond motifs is 1. The number of aryl methyl sites for hydroxylation is 3. The van der Waals surface area contributed by atoms with Gasteiger partial charge in [-0.2, -0.15) is 4.98 Å². The molecule has 0 saturated carbocycles. The zero-order valence-electron chi connectivity index (χ0n) is 13.0. The second-order valence-electron chi connectivity index (χ2n) is 5.61. The predicted molar refractivity (Wildman–Crippen MR) is 87.4 cm³/mol. The molecule has 3 rings (SSSR count). The van der Waals surface area contributed by atoms with E-state index in [1.807, 2.05) is 6.92 Å². The average Bonchev–Trinajstić information content (AvgIpc) is 2.46. The Bertz CT molecular complexity index is 651. The number of aromatic nitrogens is 2. The van der Waals surface area contributed by atoms with E-state index in [1.54, 1.807) is 0 Å². The van der Waals surface area contributed by atoms with E-state index in [2.05, 4.69) is 58.3 Å². The van der Waals surface area contributed by atoms with Crippen molar-refractivity contribution in [1.82, 2.24) is 9.97 Å². The molecule has 21 heavy (non-hydrogen) atoms. The van der Waals surface area contributed by atoms with Gasteiger partial charge in [-0.3, -0.25) is 0 Å². The van der Waals surface area contributed by atoms with Crippen LogP contribution in [-0.4, -0.2) is 23.1 Å². The Kier molecular flexibility index (Phi) is 3.78. The second kappa shape index (κ2) is 5.72. The van der Waals surface area contributed by atoms with Gasteiger partial charge >= 0.3 is 0 Å². The molecule has 0 spiro atoms. The molecule has 1 aromatic carbocycles. The van der Waals surface area contributed by atoms with Crippen LogP contribution in [0.2, 0.25) is 0 Å². The first kappa shape index (κ1) is 13.9. The molecule has 0 amide bonds. The van der Waals surface area contributed by atoms with E-state index in [4.69, 9.17) is 0 Å². The molecule has 1 aromatic heterocycles. The van der Waals surface area contributed by atoms with Crippen LogP contribution in [0.3, 0.4) is 0 Å². The zero-order valence-corrected chi connectivity index (χ0v) is 13.0. The number of nitrogens with one attached hydrogen (secondary N) is 1. The Morgan fingerprint density at radius 1 is 1.19 bits per heavy atom. The molecule has 1 aliphatic heterocycles. The SMILES string of the molecule is CCNc1nc(C)cc(N2CCCc3cc(C)ccc32)n1. The summed E-state index contributed by atoms with van der Waals surface area (Å²) in [6, 6.07) is 8.75. The van der Waals surface area contributed by atoms with E-state index < -0.39 is 0 Å². The van der Waals surface area contributed by atoms with E-state index in [-0.39, 0.29) is 0 Å². The highest BCUT2D eigenvalue weighted by Crippen LogP contribution is 2.33. The maximum absolute atomic E-state index is 4.67. The highest BCUT2D eigenvalue weighted by atomic mass is 15.2. The van der Waals surface area contributed by atoms with Crippen LogP contribution in [0, 0.1) is 13.8 Å². The summed E-state index contributed by atoms with van der Waals surface area (Å²) in [5, 5.41) is 3.21. The molecule has 4 heteroatoms. The van der Waals surface area contributed by atoms with Gasteiger partial charge in [0.2, 0.25) is 5.95 Å². The van der Waals surface area contributed by atoms with Crippen LogP contribution in [0.4, 0.5) is 17.5 Å². The minimum absolute atomic E-state index is 0.715.